The highest BCUT2D eigenvalue weighted by atomic mass is 35.5. The van der Waals surface area contributed by atoms with Crippen molar-refractivity contribution in [2.24, 2.45) is 7.05 Å². The first-order valence-electron chi connectivity index (χ1n) is 6.88. The number of rotatable bonds is 3. The summed E-state index contributed by atoms with van der Waals surface area (Å²) in [6.07, 6.45) is 8.77. The molecule has 100 valence electrons. The van der Waals surface area contributed by atoms with Crippen molar-refractivity contribution in [1.29, 1.82) is 0 Å². The van der Waals surface area contributed by atoms with E-state index in [1.807, 2.05) is 13.2 Å². The van der Waals surface area contributed by atoms with Crippen molar-refractivity contribution in [2.75, 3.05) is 0 Å². The zero-order chi connectivity index (χ0) is 13.2. The Bertz CT molecular complexity index is 589. The predicted octanol–water partition coefficient (Wildman–Crippen LogP) is 3.13. The molecule has 1 aromatic carbocycles. The number of hydrogen-bond acceptors (Lipinski definition) is 2. The number of benzene rings is 1. The first kappa shape index (κ1) is 12.7. The average molecular weight is 276 g/mol. The molecular formula is C15H18ClN3. The minimum absolute atomic E-state index is 0.895. The Hall–Kier alpha value is -1.35. The molecular weight excluding hydrogens is 258 g/mol. The summed E-state index contributed by atoms with van der Waals surface area (Å²) in [5.41, 5.74) is 5.20. The Morgan fingerprint density at radius 3 is 2.58 bits per heavy atom. The molecule has 0 saturated heterocycles. The third-order valence-electron chi connectivity index (χ3n) is 3.81. The number of aromatic nitrogens is 3. The molecule has 0 aliphatic heterocycles. The molecule has 1 aliphatic rings. The van der Waals surface area contributed by atoms with Gasteiger partial charge in [-0.25, -0.2) is 0 Å². The normalized spacial score (nSPS) is 14.4. The van der Waals surface area contributed by atoms with E-state index in [1.54, 1.807) is 4.68 Å². The van der Waals surface area contributed by atoms with Gasteiger partial charge in [0.15, 0.2) is 0 Å². The molecule has 4 heteroatoms. The van der Waals surface area contributed by atoms with E-state index in [4.69, 9.17) is 11.6 Å². The molecule has 0 radical (unpaired) electrons. The topological polar surface area (TPSA) is 30.7 Å². The van der Waals surface area contributed by atoms with Gasteiger partial charge in [0.25, 0.3) is 0 Å². The van der Waals surface area contributed by atoms with Gasteiger partial charge in [-0.15, -0.1) is 5.10 Å². The second-order valence-electron chi connectivity index (χ2n) is 5.30. The van der Waals surface area contributed by atoms with Gasteiger partial charge in [-0.05, 0) is 61.3 Å². The monoisotopic (exact) mass is 275 g/mol. The number of fused-ring (bicyclic) bond motifs is 1. The summed E-state index contributed by atoms with van der Waals surface area (Å²) >= 11 is 6.39. The third kappa shape index (κ3) is 2.81. The van der Waals surface area contributed by atoms with E-state index >= 15 is 0 Å². The van der Waals surface area contributed by atoms with E-state index in [2.05, 4.69) is 22.4 Å². The fourth-order valence-corrected chi connectivity index (χ4v) is 3.05. The van der Waals surface area contributed by atoms with E-state index < -0.39 is 0 Å². The Kier molecular flexibility index (Phi) is 3.56. The maximum Gasteiger partial charge on any atom is 0.0830 e. The number of nitrogens with zero attached hydrogens (tertiary/aromatic N) is 3. The molecule has 1 aromatic heterocycles. The molecule has 3 nitrogen and oxygen atoms in total. The van der Waals surface area contributed by atoms with Gasteiger partial charge in [-0.1, -0.05) is 22.9 Å². The molecule has 0 spiro atoms. The maximum absolute atomic E-state index is 6.39. The van der Waals surface area contributed by atoms with Crippen LogP contribution in [0.4, 0.5) is 0 Å². The number of aryl methyl sites for hydroxylation is 5. The largest absolute Gasteiger partial charge is 0.255 e. The molecule has 0 amide bonds. The highest BCUT2D eigenvalue weighted by molar-refractivity contribution is 6.31. The van der Waals surface area contributed by atoms with Crippen LogP contribution in [-0.2, 0) is 32.7 Å². The van der Waals surface area contributed by atoms with E-state index in [0.717, 1.165) is 23.6 Å². The Balaban J connectivity index is 1.77. The Morgan fingerprint density at radius 1 is 1.16 bits per heavy atom. The van der Waals surface area contributed by atoms with Crippen LogP contribution in [-0.4, -0.2) is 15.0 Å². The average Bonchev–Trinajstić information content (AvgIpc) is 2.82. The van der Waals surface area contributed by atoms with E-state index in [0.29, 0.717) is 0 Å². The SMILES string of the molecule is Cn1cc(CCc2cc3c(cc2Cl)CCCC3)nn1. The Labute approximate surface area is 118 Å². The summed E-state index contributed by atoms with van der Waals surface area (Å²) in [7, 11) is 1.89. The first-order chi connectivity index (χ1) is 9.22. The van der Waals surface area contributed by atoms with Gasteiger partial charge in [-0.3, -0.25) is 4.68 Å². The second kappa shape index (κ2) is 5.33. The molecule has 1 heterocycles. The van der Waals surface area contributed by atoms with Gasteiger partial charge in [0.05, 0.1) is 5.69 Å². The Morgan fingerprint density at radius 2 is 1.89 bits per heavy atom. The highest BCUT2D eigenvalue weighted by Gasteiger charge is 2.13. The van der Waals surface area contributed by atoms with Crippen molar-refractivity contribution in [3.8, 4) is 0 Å². The van der Waals surface area contributed by atoms with E-state index in [-0.39, 0.29) is 0 Å². The second-order valence-corrected chi connectivity index (χ2v) is 5.71. The smallest absolute Gasteiger partial charge is 0.0830 e. The standard InChI is InChI=1S/C15H18ClN3/c1-19-10-14(17-18-19)7-6-13-8-11-4-2-3-5-12(11)9-15(13)16/h8-10H,2-7H2,1H3. The van der Waals surface area contributed by atoms with Crippen LogP contribution in [0.5, 0.6) is 0 Å². The fraction of sp³-hybridized carbons (Fsp3) is 0.467. The van der Waals surface area contributed by atoms with Crippen LogP contribution in [0.25, 0.3) is 0 Å². The van der Waals surface area contributed by atoms with Gasteiger partial charge in [0.1, 0.15) is 0 Å². The van der Waals surface area contributed by atoms with Gasteiger partial charge < -0.3 is 0 Å². The number of halogens is 1. The van der Waals surface area contributed by atoms with Crippen molar-refractivity contribution in [1.82, 2.24) is 15.0 Å². The lowest BCUT2D eigenvalue weighted by Gasteiger charge is -2.17. The lowest BCUT2D eigenvalue weighted by Crippen LogP contribution is -2.04. The molecule has 0 fully saturated rings. The summed E-state index contributed by atoms with van der Waals surface area (Å²) < 4.78 is 1.74. The fourth-order valence-electron chi connectivity index (χ4n) is 2.77. The molecule has 1 aliphatic carbocycles. The van der Waals surface area contributed by atoms with Gasteiger partial charge >= 0.3 is 0 Å². The van der Waals surface area contributed by atoms with E-state index in [9.17, 15) is 0 Å². The van der Waals surface area contributed by atoms with Crippen molar-refractivity contribution in [3.05, 3.63) is 45.7 Å². The van der Waals surface area contributed by atoms with Crippen LogP contribution in [0.15, 0.2) is 18.3 Å². The first-order valence-corrected chi connectivity index (χ1v) is 7.25. The van der Waals surface area contributed by atoms with Crippen LogP contribution in [0.3, 0.4) is 0 Å². The van der Waals surface area contributed by atoms with Crippen molar-refractivity contribution in [3.63, 3.8) is 0 Å². The van der Waals surface area contributed by atoms with Crippen LogP contribution in [0.1, 0.15) is 35.2 Å². The maximum atomic E-state index is 6.39. The van der Waals surface area contributed by atoms with Crippen molar-refractivity contribution in [2.45, 2.75) is 38.5 Å². The van der Waals surface area contributed by atoms with Crippen LogP contribution >= 0.6 is 11.6 Å². The van der Waals surface area contributed by atoms with Crippen LogP contribution < -0.4 is 0 Å². The summed E-state index contributed by atoms with van der Waals surface area (Å²) in [6.45, 7) is 0. The lowest BCUT2D eigenvalue weighted by atomic mass is 9.89. The predicted molar refractivity (Wildman–Crippen MR) is 76.5 cm³/mol. The lowest BCUT2D eigenvalue weighted by molar-refractivity contribution is 0.684. The molecule has 0 atom stereocenters. The summed E-state index contributed by atoms with van der Waals surface area (Å²) in [6, 6.07) is 4.47. The molecule has 0 N–H and O–H groups in total. The molecule has 2 aromatic rings. The molecule has 3 rings (SSSR count). The minimum atomic E-state index is 0.895. The molecule has 0 bridgehead atoms. The summed E-state index contributed by atoms with van der Waals surface area (Å²) in [5.74, 6) is 0. The highest BCUT2D eigenvalue weighted by Crippen LogP contribution is 2.28. The van der Waals surface area contributed by atoms with Crippen molar-refractivity contribution < 1.29 is 0 Å². The third-order valence-corrected chi connectivity index (χ3v) is 4.16. The zero-order valence-electron chi connectivity index (χ0n) is 11.2. The zero-order valence-corrected chi connectivity index (χ0v) is 12.0. The number of hydrogen-bond donors (Lipinski definition) is 0. The van der Waals surface area contributed by atoms with Gasteiger partial charge in [0, 0.05) is 18.3 Å². The molecule has 0 saturated carbocycles. The van der Waals surface area contributed by atoms with Gasteiger partial charge in [-0.2, -0.15) is 0 Å². The van der Waals surface area contributed by atoms with Gasteiger partial charge in [0.2, 0.25) is 0 Å². The molecule has 19 heavy (non-hydrogen) atoms. The minimum Gasteiger partial charge on any atom is -0.255 e. The van der Waals surface area contributed by atoms with Crippen LogP contribution in [0, 0.1) is 0 Å². The van der Waals surface area contributed by atoms with E-state index in [1.165, 1.54) is 42.4 Å². The summed E-state index contributed by atoms with van der Waals surface area (Å²) in [4.78, 5) is 0. The summed E-state index contributed by atoms with van der Waals surface area (Å²) in [5, 5.41) is 8.98. The molecule has 0 unspecified atom stereocenters. The quantitative estimate of drug-likeness (QED) is 0.862. The van der Waals surface area contributed by atoms with Crippen molar-refractivity contribution >= 4 is 11.6 Å². The van der Waals surface area contributed by atoms with Crippen LogP contribution in [0.2, 0.25) is 5.02 Å².